The van der Waals surface area contributed by atoms with Gasteiger partial charge in [0.15, 0.2) is 5.82 Å². The van der Waals surface area contributed by atoms with E-state index in [1.807, 2.05) is 16.8 Å². The average Bonchev–Trinajstić information content (AvgIpc) is 3.37. The predicted octanol–water partition coefficient (Wildman–Crippen LogP) is 4.52. The molecule has 0 atom stereocenters. The maximum Gasteiger partial charge on any atom is 0.254 e. The van der Waals surface area contributed by atoms with Gasteiger partial charge in [-0.3, -0.25) is 9.48 Å². The maximum absolute atomic E-state index is 11.8. The van der Waals surface area contributed by atoms with Crippen LogP contribution in [0, 0.1) is 11.8 Å². The molecular weight excluding hydrogens is 336 g/mol. The maximum atomic E-state index is 11.8. The van der Waals surface area contributed by atoms with Crippen LogP contribution in [0.15, 0.2) is 30.5 Å². The summed E-state index contributed by atoms with van der Waals surface area (Å²) in [6.07, 6.45) is 9.41. The minimum atomic E-state index is -0.464. The molecule has 0 saturated heterocycles. The molecule has 1 amide bonds. The zero-order chi connectivity index (χ0) is 17.4. The topological polar surface area (TPSA) is 72.9 Å². The van der Waals surface area contributed by atoms with Crippen LogP contribution in [0.4, 0.5) is 11.5 Å². The molecule has 25 heavy (non-hydrogen) atoms. The molecular formula is C19H23ClN4O. The minimum absolute atomic E-state index is 0.355. The summed E-state index contributed by atoms with van der Waals surface area (Å²) in [5, 5.41) is 8.48. The number of carbonyl (C=O) groups is 1. The van der Waals surface area contributed by atoms with Crippen molar-refractivity contribution < 1.29 is 4.79 Å². The van der Waals surface area contributed by atoms with Gasteiger partial charge in [0.2, 0.25) is 0 Å². The summed E-state index contributed by atoms with van der Waals surface area (Å²) >= 11 is 5.92. The van der Waals surface area contributed by atoms with Crippen molar-refractivity contribution in [1.29, 1.82) is 0 Å². The summed E-state index contributed by atoms with van der Waals surface area (Å²) in [7, 11) is 0. The highest BCUT2D eigenvalue weighted by Gasteiger charge is 2.34. The van der Waals surface area contributed by atoms with Crippen molar-refractivity contribution in [2.45, 2.75) is 44.6 Å². The first-order valence-electron chi connectivity index (χ1n) is 9.01. The van der Waals surface area contributed by atoms with Crippen molar-refractivity contribution in [3.63, 3.8) is 0 Å². The minimum Gasteiger partial charge on any atom is -0.365 e. The molecule has 2 aliphatic carbocycles. The molecule has 5 nitrogen and oxygen atoms in total. The standard InChI is InChI=1S/C19H23ClN4O/c20-14-5-7-15(8-6-14)22-19-17(18(21)25)11-24(23-19)16-9-3-13(4-10-16)12-1-2-12/h5-8,11-13,16H,1-4,9-10H2,(H2,21,25)(H,22,23). The largest absolute Gasteiger partial charge is 0.365 e. The third-order valence-corrected chi connectivity index (χ3v) is 5.76. The molecule has 2 fully saturated rings. The van der Waals surface area contributed by atoms with Crippen LogP contribution in [0.5, 0.6) is 0 Å². The second-order valence-electron chi connectivity index (χ2n) is 7.27. The number of nitrogens with two attached hydrogens (primary N) is 1. The van der Waals surface area contributed by atoms with Crippen molar-refractivity contribution in [1.82, 2.24) is 9.78 Å². The Morgan fingerprint density at radius 2 is 1.68 bits per heavy atom. The van der Waals surface area contributed by atoms with E-state index in [0.717, 1.165) is 30.4 Å². The van der Waals surface area contributed by atoms with E-state index in [0.29, 0.717) is 22.4 Å². The first-order valence-corrected chi connectivity index (χ1v) is 9.39. The SMILES string of the molecule is NC(=O)c1cn(C2CCC(C3CC3)CC2)nc1Nc1ccc(Cl)cc1. The Hall–Kier alpha value is -2.01. The van der Waals surface area contributed by atoms with Crippen LogP contribution >= 0.6 is 11.6 Å². The molecule has 3 N–H and O–H groups in total. The quantitative estimate of drug-likeness (QED) is 0.825. The van der Waals surface area contributed by atoms with Crippen molar-refractivity contribution in [3.8, 4) is 0 Å². The van der Waals surface area contributed by atoms with Gasteiger partial charge in [0.25, 0.3) is 5.91 Å². The van der Waals surface area contributed by atoms with Gasteiger partial charge in [0.1, 0.15) is 5.56 Å². The van der Waals surface area contributed by atoms with Crippen LogP contribution in [-0.2, 0) is 0 Å². The number of hydrogen-bond acceptors (Lipinski definition) is 3. The smallest absolute Gasteiger partial charge is 0.254 e. The van der Waals surface area contributed by atoms with Crippen LogP contribution < -0.4 is 11.1 Å². The van der Waals surface area contributed by atoms with Gasteiger partial charge in [-0.2, -0.15) is 5.10 Å². The lowest BCUT2D eigenvalue weighted by molar-refractivity contribution is 0.100. The van der Waals surface area contributed by atoms with Crippen molar-refractivity contribution in [2.75, 3.05) is 5.32 Å². The Labute approximate surface area is 152 Å². The van der Waals surface area contributed by atoms with E-state index in [1.54, 1.807) is 18.3 Å². The van der Waals surface area contributed by atoms with Crippen molar-refractivity contribution in [2.24, 2.45) is 17.6 Å². The number of anilines is 2. The summed E-state index contributed by atoms with van der Waals surface area (Å²) in [4.78, 5) is 11.8. The van der Waals surface area contributed by atoms with Gasteiger partial charge in [0.05, 0.1) is 6.04 Å². The van der Waals surface area contributed by atoms with Crippen LogP contribution in [0.2, 0.25) is 5.02 Å². The number of hydrogen-bond donors (Lipinski definition) is 2. The molecule has 1 heterocycles. The van der Waals surface area contributed by atoms with Gasteiger partial charge in [-0.25, -0.2) is 0 Å². The summed E-state index contributed by atoms with van der Waals surface area (Å²) < 4.78 is 1.93. The predicted molar refractivity (Wildman–Crippen MR) is 99.2 cm³/mol. The number of nitrogens with one attached hydrogen (secondary N) is 1. The van der Waals surface area contributed by atoms with E-state index in [9.17, 15) is 4.79 Å². The fourth-order valence-electron chi connectivity index (χ4n) is 3.93. The summed E-state index contributed by atoms with van der Waals surface area (Å²) in [6, 6.07) is 7.65. The third kappa shape index (κ3) is 3.66. The lowest BCUT2D eigenvalue weighted by Gasteiger charge is -2.28. The third-order valence-electron chi connectivity index (χ3n) is 5.51. The fraction of sp³-hybridized carbons (Fsp3) is 0.474. The van der Waals surface area contributed by atoms with Gasteiger partial charge in [0, 0.05) is 16.9 Å². The van der Waals surface area contributed by atoms with E-state index in [-0.39, 0.29) is 0 Å². The molecule has 2 saturated carbocycles. The van der Waals surface area contributed by atoms with Gasteiger partial charge < -0.3 is 11.1 Å². The molecule has 2 aliphatic rings. The summed E-state index contributed by atoms with van der Waals surface area (Å²) in [5.41, 5.74) is 6.81. The molecule has 0 spiro atoms. The highest BCUT2D eigenvalue weighted by atomic mass is 35.5. The Bertz CT molecular complexity index is 758. The first-order chi connectivity index (χ1) is 12.1. The van der Waals surface area contributed by atoms with Crippen LogP contribution in [0.1, 0.15) is 54.9 Å². The van der Waals surface area contributed by atoms with Crippen LogP contribution in [0.25, 0.3) is 0 Å². The van der Waals surface area contributed by atoms with Crippen molar-refractivity contribution >= 4 is 29.0 Å². The molecule has 0 aliphatic heterocycles. The second kappa shape index (κ2) is 6.71. The van der Waals surface area contributed by atoms with E-state index in [4.69, 9.17) is 17.3 Å². The number of primary amides is 1. The normalized spacial score (nSPS) is 23.4. The second-order valence-corrected chi connectivity index (χ2v) is 7.71. The number of nitrogens with zero attached hydrogens (tertiary/aromatic N) is 2. The molecule has 4 rings (SSSR count). The molecule has 0 bridgehead atoms. The highest BCUT2D eigenvalue weighted by Crippen LogP contribution is 2.46. The van der Waals surface area contributed by atoms with Gasteiger partial charge >= 0.3 is 0 Å². The fourth-order valence-corrected chi connectivity index (χ4v) is 4.05. The van der Waals surface area contributed by atoms with E-state index in [2.05, 4.69) is 10.4 Å². The van der Waals surface area contributed by atoms with Crippen LogP contribution in [-0.4, -0.2) is 15.7 Å². The number of aromatic nitrogens is 2. The summed E-state index contributed by atoms with van der Waals surface area (Å²) in [5.74, 6) is 1.92. The number of halogens is 1. The lowest BCUT2D eigenvalue weighted by Crippen LogP contribution is -2.19. The average molecular weight is 359 g/mol. The van der Waals surface area contributed by atoms with E-state index in [1.165, 1.54) is 25.7 Å². The van der Waals surface area contributed by atoms with Gasteiger partial charge in [-0.05, 0) is 74.6 Å². The molecule has 0 unspecified atom stereocenters. The first kappa shape index (κ1) is 16.5. The molecule has 0 radical (unpaired) electrons. The molecule has 2 aromatic rings. The molecule has 132 valence electrons. The number of benzene rings is 1. The molecule has 1 aromatic carbocycles. The monoisotopic (exact) mass is 358 g/mol. The van der Waals surface area contributed by atoms with Gasteiger partial charge in [-0.15, -0.1) is 0 Å². The number of rotatable bonds is 5. The number of amides is 1. The zero-order valence-corrected chi connectivity index (χ0v) is 14.9. The molecule has 6 heteroatoms. The van der Waals surface area contributed by atoms with E-state index >= 15 is 0 Å². The van der Waals surface area contributed by atoms with E-state index < -0.39 is 5.91 Å². The van der Waals surface area contributed by atoms with Crippen molar-refractivity contribution in [3.05, 3.63) is 41.0 Å². The molecule has 1 aromatic heterocycles. The Morgan fingerprint density at radius 1 is 1.08 bits per heavy atom. The summed E-state index contributed by atoms with van der Waals surface area (Å²) in [6.45, 7) is 0. The number of carbonyl (C=O) groups excluding carboxylic acids is 1. The lowest BCUT2D eigenvalue weighted by atomic mass is 9.83. The Balaban J connectivity index is 1.51. The zero-order valence-electron chi connectivity index (χ0n) is 14.1. The van der Waals surface area contributed by atoms with Crippen LogP contribution in [0.3, 0.4) is 0 Å². The highest BCUT2D eigenvalue weighted by molar-refractivity contribution is 6.30. The van der Waals surface area contributed by atoms with Gasteiger partial charge in [-0.1, -0.05) is 11.6 Å². The Morgan fingerprint density at radius 3 is 2.24 bits per heavy atom. The Kier molecular flexibility index (Phi) is 4.42.